The summed E-state index contributed by atoms with van der Waals surface area (Å²) in [4.78, 5) is 15.9. The standard InChI is InChI=1S/C26H29N5O2S/c1-17(24-13-19(16-34-24)21-6-4-3-5-18(21)15-27-2)28-25-23-14-20(31-9-11-33-12-10-31)7-8-22(23)26(32)30-29-25/h3-8,13-14,16-17,27H,9-12,15H2,1-2H3,(H,28,29)(H,30,32)/t17-/m1/s1. The number of morpholine rings is 1. The highest BCUT2D eigenvalue weighted by Gasteiger charge is 2.17. The van der Waals surface area contributed by atoms with Crippen molar-refractivity contribution in [3.8, 4) is 11.1 Å². The van der Waals surface area contributed by atoms with Crippen LogP contribution in [-0.4, -0.2) is 43.5 Å². The highest BCUT2D eigenvalue weighted by Crippen LogP contribution is 2.33. The van der Waals surface area contributed by atoms with Gasteiger partial charge < -0.3 is 20.3 Å². The second-order valence-electron chi connectivity index (χ2n) is 8.52. The van der Waals surface area contributed by atoms with Crippen molar-refractivity contribution in [1.82, 2.24) is 15.5 Å². The van der Waals surface area contributed by atoms with E-state index in [4.69, 9.17) is 4.74 Å². The Morgan fingerprint density at radius 3 is 2.79 bits per heavy atom. The highest BCUT2D eigenvalue weighted by atomic mass is 32.1. The Bertz CT molecular complexity index is 1340. The van der Waals surface area contributed by atoms with Gasteiger partial charge in [-0.05, 0) is 60.3 Å². The third-order valence-corrected chi connectivity index (χ3v) is 7.36. The molecule has 3 heterocycles. The summed E-state index contributed by atoms with van der Waals surface area (Å²) in [6.45, 7) is 6.06. The van der Waals surface area contributed by atoms with E-state index in [2.05, 4.69) is 74.4 Å². The van der Waals surface area contributed by atoms with Gasteiger partial charge in [-0.15, -0.1) is 11.3 Å². The van der Waals surface area contributed by atoms with Crippen molar-refractivity contribution in [3.05, 3.63) is 74.7 Å². The van der Waals surface area contributed by atoms with Crippen molar-refractivity contribution in [2.75, 3.05) is 43.6 Å². The Hall–Kier alpha value is -3.20. The summed E-state index contributed by atoms with van der Waals surface area (Å²) in [7, 11) is 1.97. The molecule has 0 aliphatic carbocycles. The van der Waals surface area contributed by atoms with Crippen molar-refractivity contribution in [1.29, 1.82) is 0 Å². The Balaban J connectivity index is 1.43. The maximum absolute atomic E-state index is 12.4. The van der Waals surface area contributed by atoms with Crippen molar-refractivity contribution < 1.29 is 4.74 Å². The summed E-state index contributed by atoms with van der Waals surface area (Å²) in [6.07, 6.45) is 0. The van der Waals surface area contributed by atoms with Gasteiger partial charge in [-0.1, -0.05) is 24.3 Å². The van der Waals surface area contributed by atoms with E-state index in [0.29, 0.717) is 24.4 Å². The number of nitrogens with zero attached hydrogens (tertiary/aromatic N) is 2. The minimum absolute atomic E-state index is 0.0313. The monoisotopic (exact) mass is 475 g/mol. The minimum Gasteiger partial charge on any atom is -0.378 e. The fraction of sp³-hybridized carbons (Fsp3) is 0.308. The van der Waals surface area contributed by atoms with Gasteiger partial charge in [0.05, 0.1) is 24.6 Å². The molecule has 1 aliphatic rings. The number of hydrogen-bond acceptors (Lipinski definition) is 7. The van der Waals surface area contributed by atoms with Crippen LogP contribution in [-0.2, 0) is 11.3 Å². The first kappa shape index (κ1) is 22.6. The molecule has 1 saturated heterocycles. The molecule has 0 saturated carbocycles. The molecule has 1 aliphatic heterocycles. The van der Waals surface area contributed by atoms with Gasteiger partial charge in [0.1, 0.15) is 0 Å². The van der Waals surface area contributed by atoms with Gasteiger partial charge in [0.15, 0.2) is 5.82 Å². The van der Waals surface area contributed by atoms with Gasteiger partial charge in [-0.25, -0.2) is 5.10 Å². The number of nitrogens with one attached hydrogen (secondary N) is 3. The quantitative estimate of drug-likeness (QED) is 0.368. The maximum atomic E-state index is 12.4. The number of thiophene rings is 1. The van der Waals surface area contributed by atoms with E-state index in [1.165, 1.54) is 21.6 Å². The number of H-pyrrole nitrogens is 1. The molecular weight excluding hydrogens is 446 g/mol. The predicted octanol–water partition coefficient (Wildman–Crippen LogP) is 4.38. The van der Waals surface area contributed by atoms with E-state index < -0.39 is 0 Å². The van der Waals surface area contributed by atoms with Crippen molar-refractivity contribution >= 4 is 33.6 Å². The molecule has 1 atom stereocenters. The Morgan fingerprint density at radius 1 is 1.15 bits per heavy atom. The molecule has 7 nitrogen and oxygen atoms in total. The van der Waals surface area contributed by atoms with Crippen LogP contribution < -0.4 is 21.1 Å². The van der Waals surface area contributed by atoms with Crippen LogP contribution in [0.5, 0.6) is 0 Å². The molecule has 1 fully saturated rings. The molecular formula is C26H29N5O2S. The smallest absolute Gasteiger partial charge is 0.272 e. The summed E-state index contributed by atoms with van der Waals surface area (Å²) in [5.74, 6) is 0.683. The van der Waals surface area contributed by atoms with Gasteiger partial charge in [0, 0.05) is 35.6 Å². The van der Waals surface area contributed by atoms with Crippen LogP contribution in [0.15, 0.2) is 58.7 Å². The van der Waals surface area contributed by atoms with Crippen LogP contribution in [0.2, 0.25) is 0 Å². The fourth-order valence-corrected chi connectivity index (χ4v) is 5.34. The van der Waals surface area contributed by atoms with Crippen molar-refractivity contribution in [2.45, 2.75) is 19.5 Å². The molecule has 0 bridgehead atoms. The van der Waals surface area contributed by atoms with Gasteiger partial charge in [0.2, 0.25) is 0 Å². The lowest BCUT2D eigenvalue weighted by atomic mass is 10.0. The average Bonchev–Trinajstić information content (AvgIpc) is 3.37. The number of benzene rings is 2. The fourth-order valence-electron chi connectivity index (χ4n) is 4.43. The Labute approximate surface area is 202 Å². The first-order valence-electron chi connectivity index (χ1n) is 11.6. The molecule has 0 amide bonds. The number of anilines is 2. The lowest BCUT2D eigenvalue weighted by Crippen LogP contribution is -2.36. The largest absolute Gasteiger partial charge is 0.378 e. The minimum atomic E-state index is -0.179. The molecule has 5 rings (SSSR count). The number of fused-ring (bicyclic) bond motifs is 1. The van der Waals surface area contributed by atoms with Gasteiger partial charge in [-0.3, -0.25) is 4.79 Å². The molecule has 4 aromatic rings. The summed E-state index contributed by atoms with van der Waals surface area (Å²) in [5.41, 5.74) is 4.64. The van der Waals surface area contributed by atoms with Crippen LogP contribution in [0.1, 0.15) is 23.4 Å². The highest BCUT2D eigenvalue weighted by molar-refractivity contribution is 7.10. The Morgan fingerprint density at radius 2 is 1.97 bits per heavy atom. The van der Waals surface area contributed by atoms with E-state index in [1.807, 2.05) is 19.2 Å². The van der Waals surface area contributed by atoms with Crippen LogP contribution >= 0.6 is 11.3 Å². The van der Waals surface area contributed by atoms with Crippen LogP contribution in [0, 0.1) is 0 Å². The Kier molecular flexibility index (Phi) is 6.62. The van der Waals surface area contributed by atoms with Crippen LogP contribution in [0.3, 0.4) is 0 Å². The third-order valence-electron chi connectivity index (χ3n) is 6.24. The second kappa shape index (κ2) is 9.97. The van der Waals surface area contributed by atoms with Crippen LogP contribution in [0.4, 0.5) is 11.5 Å². The summed E-state index contributed by atoms with van der Waals surface area (Å²) >= 11 is 1.73. The van der Waals surface area contributed by atoms with E-state index >= 15 is 0 Å². The van der Waals surface area contributed by atoms with Crippen molar-refractivity contribution in [2.24, 2.45) is 0 Å². The van der Waals surface area contributed by atoms with E-state index in [-0.39, 0.29) is 11.6 Å². The predicted molar refractivity (Wildman–Crippen MR) is 140 cm³/mol. The maximum Gasteiger partial charge on any atom is 0.272 e. The molecule has 3 N–H and O–H groups in total. The van der Waals surface area contributed by atoms with E-state index in [9.17, 15) is 4.79 Å². The molecule has 0 spiro atoms. The second-order valence-corrected chi connectivity index (χ2v) is 9.46. The molecule has 8 heteroatoms. The zero-order valence-electron chi connectivity index (χ0n) is 19.4. The van der Waals surface area contributed by atoms with E-state index in [0.717, 1.165) is 30.7 Å². The SMILES string of the molecule is CNCc1ccccc1-c1csc([C@@H](C)Nc2n[nH]c(=O)c3ccc(N4CCOCC4)cc23)c1. The molecule has 176 valence electrons. The number of aromatic amines is 1. The van der Waals surface area contributed by atoms with Gasteiger partial charge in [-0.2, -0.15) is 5.10 Å². The zero-order valence-corrected chi connectivity index (χ0v) is 20.2. The number of hydrogen-bond donors (Lipinski definition) is 3. The lowest BCUT2D eigenvalue weighted by Gasteiger charge is -2.29. The number of rotatable bonds is 7. The number of aromatic nitrogens is 2. The molecule has 34 heavy (non-hydrogen) atoms. The summed E-state index contributed by atoms with van der Waals surface area (Å²) in [5, 5.41) is 17.5. The topological polar surface area (TPSA) is 82.3 Å². The molecule has 2 aromatic heterocycles. The number of ether oxygens (including phenoxy) is 1. The van der Waals surface area contributed by atoms with Crippen LogP contribution in [0.25, 0.3) is 21.9 Å². The van der Waals surface area contributed by atoms with E-state index in [1.54, 1.807) is 11.3 Å². The lowest BCUT2D eigenvalue weighted by molar-refractivity contribution is 0.122. The molecule has 0 radical (unpaired) electrons. The first-order valence-corrected chi connectivity index (χ1v) is 12.4. The third kappa shape index (κ3) is 4.57. The normalized spacial score (nSPS) is 14.9. The van der Waals surface area contributed by atoms with Gasteiger partial charge >= 0.3 is 0 Å². The summed E-state index contributed by atoms with van der Waals surface area (Å²) < 4.78 is 5.48. The molecule has 2 aromatic carbocycles. The van der Waals surface area contributed by atoms with Crippen molar-refractivity contribution in [3.63, 3.8) is 0 Å². The average molecular weight is 476 g/mol. The first-order chi connectivity index (χ1) is 16.6. The summed E-state index contributed by atoms with van der Waals surface area (Å²) in [6, 6.07) is 16.7. The molecule has 0 unspecified atom stereocenters. The zero-order chi connectivity index (χ0) is 23.5. The van der Waals surface area contributed by atoms with Gasteiger partial charge in [0.25, 0.3) is 5.56 Å².